The first-order chi connectivity index (χ1) is 14.9. The van der Waals surface area contributed by atoms with Crippen molar-refractivity contribution in [3.05, 3.63) is 70.1 Å². The number of aliphatic hydroxyl groups is 1. The number of halogens is 2. The van der Waals surface area contributed by atoms with Crippen molar-refractivity contribution in [3.8, 4) is 5.75 Å². The van der Waals surface area contributed by atoms with E-state index in [4.69, 9.17) is 21.4 Å². The van der Waals surface area contributed by atoms with E-state index in [1.54, 1.807) is 24.3 Å². The van der Waals surface area contributed by atoms with E-state index in [2.05, 4.69) is 9.71 Å². The fourth-order valence-electron chi connectivity index (χ4n) is 3.08. The number of aromatic nitrogens is 1. The van der Waals surface area contributed by atoms with Crippen LogP contribution in [0, 0.1) is 5.82 Å². The molecule has 1 heterocycles. The van der Waals surface area contributed by atoms with Crippen LogP contribution in [0.4, 0.5) is 4.39 Å². The second-order valence-corrected chi connectivity index (χ2v) is 7.77. The van der Waals surface area contributed by atoms with Crippen molar-refractivity contribution in [2.45, 2.75) is 12.8 Å². The highest BCUT2D eigenvalue weighted by Crippen LogP contribution is 2.28. The van der Waals surface area contributed by atoms with Crippen molar-refractivity contribution in [3.63, 3.8) is 0 Å². The van der Waals surface area contributed by atoms with Crippen LogP contribution in [0.25, 0.3) is 10.9 Å². The molecule has 0 aliphatic carbocycles. The number of fused-ring (bicyclic) bond motifs is 1. The Morgan fingerprint density at radius 1 is 1.29 bits per heavy atom. The molecule has 0 amide bonds. The zero-order valence-electron chi connectivity index (χ0n) is 16.3. The molecule has 2 N–H and O–H groups in total. The van der Waals surface area contributed by atoms with Gasteiger partial charge in [0.15, 0.2) is 5.78 Å². The third kappa shape index (κ3) is 6.05. The minimum atomic E-state index is -2.37. The molecule has 3 rings (SSSR count). The van der Waals surface area contributed by atoms with Crippen LogP contribution >= 0.6 is 11.6 Å². The zero-order valence-corrected chi connectivity index (χ0v) is 17.8. The lowest BCUT2D eigenvalue weighted by Crippen LogP contribution is -2.18. The predicted molar refractivity (Wildman–Crippen MR) is 114 cm³/mol. The van der Waals surface area contributed by atoms with Crippen LogP contribution in [-0.4, -0.2) is 44.4 Å². The topological polar surface area (TPSA) is 112 Å². The van der Waals surface area contributed by atoms with E-state index in [1.165, 1.54) is 12.3 Å². The van der Waals surface area contributed by atoms with Crippen molar-refractivity contribution in [1.29, 1.82) is 0 Å². The van der Waals surface area contributed by atoms with E-state index in [1.807, 2.05) is 0 Å². The molecule has 1 aromatic heterocycles. The molecule has 1 unspecified atom stereocenters. The molecule has 164 valence electrons. The molecule has 7 nitrogen and oxygen atoms in total. The lowest BCUT2D eigenvalue weighted by atomic mass is 9.98. The lowest BCUT2D eigenvalue weighted by Gasteiger charge is -2.12. The molecule has 2 aromatic carbocycles. The van der Waals surface area contributed by atoms with Gasteiger partial charge in [0.1, 0.15) is 18.2 Å². The predicted octanol–water partition coefficient (Wildman–Crippen LogP) is 2.95. The summed E-state index contributed by atoms with van der Waals surface area (Å²) < 4.78 is 42.8. The number of ether oxygens (including phenoxy) is 1. The number of rotatable bonds is 10. The minimum absolute atomic E-state index is 0.0250. The van der Waals surface area contributed by atoms with Crippen molar-refractivity contribution >= 4 is 39.6 Å². The monoisotopic (exact) mass is 465 g/mol. The van der Waals surface area contributed by atoms with Crippen LogP contribution in [0.3, 0.4) is 0 Å². The summed E-state index contributed by atoms with van der Waals surface area (Å²) in [5.41, 5.74) is 1.39. The first-order valence-corrected chi connectivity index (χ1v) is 10.8. The molecule has 0 aliphatic heterocycles. The second kappa shape index (κ2) is 10.7. The van der Waals surface area contributed by atoms with Gasteiger partial charge in [0, 0.05) is 34.3 Å². The Morgan fingerprint density at radius 3 is 2.84 bits per heavy atom. The number of nitrogens with one attached hydrogen (secondary N) is 1. The number of aliphatic hydroxyl groups excluding tert-OH is 1. The van der Waals surface area contributed by atoms with E-state index >= 15 is 0 Å². The maximum absolute atomic E-state index is 14.2. The summed E-state index contributed by atoms with van der Waals surface area (Å²) in [6, 6.07) is 8.89. The van der Waals surface area contributed by atoms with Gasteiger partial charge in [0.25, 0.3) is 0 Å². The number of carbonyl (C=O) groups excluding carboxylic acids is 1. The Morgan fingerprint density at radius 2 is 2.10 bits per heavy atom. The molecule has 0 spiro atoms. The van der Waals surface area contributed by atoms with Gasteiger partial charge in [-0.15, -0.1) is 0 Å². The average Bonchev–Trinajstić information content (AvgIpc) is 2.76. The number of pyridine rings is 1. The molecule has 31 heavy (non-hydrogen) atoms. The summed E-state index contributed by atoms with van der Waals surface area (Å²) in [5.74, 6) is -0.608. The summed E-state index contributed by atoms with van der Waals surface area (Å²) in [6.45, 7) is 0.153. The second-order valence-electron chi connectivity index (χ2n) is 6.64. The van der Waals surface area contributed by atoms with Gasteiger partial charge in [-0.3, -0.25) is 14.0 Å². The summed E-state index contributed by atoms with van der Waals surface area (Å²) in [7, 11) is 0. The third-order valence-corrected chi connectivity index (χ3v) is 5.36. The van der Waals surface area contributed by atoms with Crippen LogP contribution in [0.2, 0.25) is 5.02 Å². The fraction of sp³-hybridized carbons (Fsp3) is 0.238. The summed E-state index contributed by atoms with van der Waals surface area (Å²) in [6.07, 6.45) is 2.21. The highest BCUT2D eigenvalue weighted by molar-refractivity contribution is 7.77. The van der Waals surface area contributed by atoms with E-state index in [-0.39, 0.29) is 30.3 Å². The Labute approximate surface area is 185 Å². The lowest BCUT2D eigenvalue weighted by molar-refractivity contribution is 0.103. The molecule has 10 heteroatoms. The number of hydrogen-bond acceptors (Lipinski definition) is 6. The van der Waals surface area contributed by atoms with Crippen LogP contribution in [0.1, 0.15) is 27.9 Å². The first-order valence-electron chi connectivity index (χ1n) is 9.38. The van der Waals surface area contributed by atoms with Gasteiger partial charge in [0.2, 0.25) is 0 Å². The number of aryl methyl sites for hydroxylation is 1. The van der Waals surface area contributed by atoms with Crippen LogP contribution in [0.15, 0.2) is 42.6 Å². The Bertz CT molecular complexity index is 1130. The van der Waals surface area contributed by atoms with Crippen molar-refractivity contribution < 1.29 is 27.8 Å². The van der Waals surface area contributed by atoms with Gasteiger partial charge in [-0.05, 0) is 54.8 Å². The largest absolute Gasteiger partial charge is 0.760 e. The van der Waals surface area contributed by atoms with E-state index in [0.717, 1.165) is 6.07 Å². The minimum Gasteiger partial charge on any atom is -0.760 e. The summed E-state index contributed by atoms with van der Waals surface area (Å²) in [5, 5.41) is 9.66. The maximum Gasteiger partial charge on any atom is 0.194 e. The smallest absolute Gasteiger partial charge is 0.194 e. The first kappa shape index (κ1) is 23.2. The highest BCUT2D eigenvalue weighted by atomic mass is 35.5. The van der Waals surface area contributed by atoms with E-state index < -0.39 is 22.9 Å². The van der Waals surface area contributed by atoms with Gasteiger partial charge in [0.05, 0.1) is 23.3 Å². The van der Waals surface area contributed by atoms with Gasteiger partial charge in [-0.2, -0.15) is 0 Å². The Hall–Kier alpha value is -2.43. The number of carbonyl (C=O) groups is 1. The fourth-order valence-corrected chi connectivity index (χ4v) is 3.68. The molecular weight excluding hydrogens is 447 g/mol. The molecule has 0 saturated carbocycles. The van der Waals surface area contributed by atoms with Crippen molar-refractivity contribution in [2.75, 3.05) is 19.8 Å². The van der Waals surface area contributed by atoms with Crippen LogP contribution in [-0.2, 0) is 17.7 Å². The van der Waals surface area contributed by atoms with Crippen molar-refractivity contribution in [2.24, 2.45) is 0 Å². The van der Waals surface area contributed by atoms with Gasteiger partial charge in [-0.1, -0.05) is 11.6 Å². The Kier molecular flexibility index (Phi) is 8.05. The zero-order chi connectivity index (χ0) is 22.4. The maximum atomic E-state index is 14.2. The van der Waals surface area contributed by atoms with Gasteiger partial charge < -0.3 is 14.4 Å². The number of benzene rings is 2. The van der Waals surface area contributed by atoms with Crippen molar-refractivity contribution in [1.82, 2.24) is 9.71 Å². The summed E-state index contributed by atoms with van der Waals surface area (Å²) >= 11 is 4.01. The molecule has 0 aliphatic rings. The van der Waals surface area contributed by atoms with E-state index in [0.29, 0.717) is 40.6 Å². The molecule has 0 fully saturated rings. The SMILES string of the molecule is O=C(c1ccc2ncc(OCCO)cc2c1)c1cc(F)cc(CCCNS(=O)[O-])c1Cl. The third-order valence-electron chi connectivity index (χ3n) is 4.48. The average molecular weight is 466 g/mol. The molecule has 3 aromatic rings. The molecule has 1 atom stereocenters. The highest BCUT2D eigenvalue weighted by Gasteiger charge is 2.18. The summed E-state index contributed by atoms with van der Waals surface area (Å²) in [4.78, 5) is 17.3. The van der Waals surface area contributed by atoms with E-state index in [9.17, 15) is 17.9 Å². The van der Waals surface area contributed by atoms with Crippen LogP contribution < -0.4 is 9.46 Å². The number of nitrogens with zero attached hydrogens (tertiary/aromatic N) is 1. The van der Waals surface area contributed by atoms with Gasteiger partial charge >= 0.3 is 0 Å². The molecule has 0 radical (unpaired) electrons. The normalized spacial score (nSPS) is 12.1. The van der Waals surface area contributed by atoms with Crippen LogP contribution in [0.5, 0.6) is 5.75 Å². The quantitative estimate of drug-likeness (QED) is 0.270. The number of hydrogen-bond donors (Lipinski definition) is 2. The Balaban J connectivity index is 1.87. The molecule has 0 bridgehead atoms. The number of ketones is 1. The van der Waals surface area contributed by atoms with Gasteiger partial charge in [-0.25, -0.2) is 9.11 Å². The standard InChI is InChI=1S/C21H20ClFN2O5S/c22-20-13(2-1-5-25-31(28)29)9-16(23)11-18(20)21(27)14-3-4-19-15(8-14)10-17(12-24-19)30-7-6-26/h3-4,8-12,25-26H,1-2,5-7H2,(H,28,29)/p-1. The molecular formula is C21H19ClFN2O5S-. The molecule has 0 saturated heterocycles.